The maximum atomic E-state index is 12.2. The molecule has 1 aromatic carbocycles. The fraction of sp³-hybridized carbons (Fsp3) is 0.357. The van der Waals surface area contributed by atoms with Gasteiger partial charge in [0.2, 0.25) is 5.78 Å². The van der Waals surface area contributed by atoms with Gasteiger partial charge in [0.1, 0.15) is 13.1 Å². The van der Waals surface area contributed by atoms with Crippen molar-refractivity contribution in [2.45, 2.75) is 6.92 Å². The van der Waals surface area contributed by atoms with E-state index in [-0.39, 0.29) is 5.78 Å². The van der Waals surface area contributed by atoms with Crippen LogP contribution >= 0.6 is 31.9 Å². The van der Waals surface area contributed by atoms with E-state index in [1.807, 2.05) is 37.3 Å². The van der Waals surface area contributed by atoms with Crippen molar-refractivity contribution in [1.82, 2.24) is 0 Å². The van der Waals surface area contributed by atoms with Crippen LogP contribution in [0, 0.1) is 0 Å². The Balaban J connectivity index is 2.72. The van der Waals surface area contributed by atoms with Gasteiger partial charge in [-0.3, -0.25) is 4.79 Å². The van der Waals surface area contributed by atoms with Gasteiger partial charge < -0.3 is 4.48 Å². The summed E-state index contributed by atoms with van der Waals surface area (Å²) in [5, 5.41) is 0. The molecule has 0 N–H and O–H groups in total. The van der Waals surface area contributed by atoms with Crippen LogP contribution in [0.1, 0.15) is 17.3 Å². The van der Waals surface area contributed by atoms with E-state index in [1.165, 1.54) is 0 Å². The van der Waals surface area contributed by atoms with Crippen molar-refractivity contribution in [3.8, 4) is 0 Å². The van der Waals surface area contributed by atoms with Gasteiger partial charge in [-0.25, -0.2) is 0 Å². The molecule has 1 rings (SSSR count). The van der Waals surface area contributed by atoms with Crippen LogP contribution in [0.2, 0.25) is 0 Å². The molecular weight excluding hydrogens is 358 g/mol. The van der Waals surface area contributed by atoms with Crippen molar-refractivity contribution in [3.05, 3.63) is 44.9 Å². The second-order valence-electron chi connectivity index (χ2n) is 4.98. The topological polar surface area (TPSA) is 17.1 Å². The van der Waals surface area contributed by atoms with Gasteiger partial charge in [0.25, 0.3) is 0 Å². The number of benzene rings is 1. The summed E-state index contributed by atoms with van der Waals surface area (Å²) in [7, 11) is 4.11. The Morgan fingerprint density at radius 3 is 2.17 bits per heavy atom. The van der Waals surface area contributed by atoms with E-state index in [9.17, 15) is 4.79 Å². The summed E-state index contributed by atoms with van der Waals surface area (Å²) in [6, 6.07) is 9.44. The van der Waals surface area contributed by atoms with Crippen LogP contribution in [-0.2, 0) is 0 Å². The molecule has 0 saturated heterocycles. The van der Waals surface area contributed by atoms with Crippen LogP contribution < -0.4 is 0 Å². The average molecular weight is 376 g/mol. The Morgan fingerprint density at radius 2 is 1.67 bits per heavy atom. The Kier molecular flexibility index (Phi) is 5.76. The number of carbonyl (C=O) groups excluding carboxylic acids is 1. The maximum Gasteiger partial charge on any atom is 0.216 e. The fourth-order valence-corrected chi connectivity index (χ4v) is 2.45. The zero-order chi connectivity index (χ0) is 13.8. The smallest absolute Gasteiger partial charge is 0.216 e. The number of likely N-dealkylation sites (N-methyl/N-ethyl adjacent to an activating group) is 1. The third-order valence-electron chi connectivity index (χ3n) is 2.61. The molecule has 0 unspecified atom stereocenters. The molecule has 18 heavy (non-hydrogen) atoms. The summed E-state index contributed by atoms with van der Waals surface area (Å²) >= 11 is 6.97. The van der Waals surface area contributed by atoms with Gasteiger partial charge in [-0.05, 0) is 22.9 Å². The van der Waals surface area contributed by atoms with Crippen LogP contribution in [-0.4, -0.2) is 37.5 Å². The zero-order valence-electron chi connectivity index (χ0n) is 10.9. The average Bonchev–Trinajstić information content (AvgIpc) is 2.28. The normalized spacial score (nSPS) is 13.2. The Labute approximate surface area is 126 Å². The van der Waals surface area contributed by atoms with E-state index in [2.05, 4.69) is 46.0 Å². The highest BCUT2D eigenvalue weighted by molar-refractivity contribution is 9.14. The van der Waals surface area contributed by atoms with E-state index in [4.69, 9.17) is 0 Å². The molecule has 0 heterocycles. The molecule has 0 bridgehead atoms. The van der Waals surface area contributed by atoms with E-state index >= 15 is 0 Å². The van der Waals surface area contributed by atoms with E-state index in [0.29, 0.717) is 11.0 Å². The number of allylic oxidation sites excluding steroid dienone is 1. The van der Waals surface area contributed by atoms with Crippen LogP contribution in [0.4, 0.5) is 0 Å². The lowest BCUT2D eigenvalue weighted by molar-refractivity contribution is -0.876. The highest BCUT2D eigenvalue weighted by Gasteiger charge is 2.22. The second-order valence-corrected chi connectivity index (χ2v) is 7.13. The van der Waals surface area contributed by atoms with Crippen molar-refractivity contribution in [3.63, 3.8) is 0 Å². The van der Waals surface area contributed by atoms with Gasteiger partial charge in [0.15, 0.2) is 0 Å². The Morgan fingerprint density at radius 1 is 1.11 bits per heavy atom. The number of carbonyl (C=O) groups is 1. The van der Waals surface area contributed by atoms with Gasteiger partial charge in [0.05, 0.1) is 18.6 Å². The maximum absolute atomic E-state index is 12.2. The Bertz CT molecular complexity index is 448. The van der Waals surface area contributed by atoms with Crippen LogP contribution in [0.5, 0.6) is 0 Å². The molecule has 0 aliphatic heterocycles. The minimum Gasteiger partial charge on any atom is -0.318 e. The monoisotopic (exact) mass is 374 g/mol. The van der Waals surface area contributed by atoms with Gasteiger partial charge in [-0.2, -0.15) is 0 Å². The zero-order valence-corrected chi connectivity index (χ0v) is 14.1. The first-order chi connectivity index (χ1) is 8.32. The summed E-state index contributed by atoms with van der Waals surface area (Å²) in [6.07, 6.45) is 0. The molecule has 0 aliphatic rings. The van der Waals surface area contributed by atoms with Crippen molar-refractivity contribution in [2.24, 2.45) is 0 Å². The highest BCUT2D eigenvalue weighted by Crippen LogP contribution is 2.20. The summed E-state index contributed by atoms with van der Waals surface area (Å²) in [6.45, 7) is 3.26. The lowest BCUT2D eigenvalue weighted by Crippen LogP contribution is -2.44. The molecule has 0 aliphatic carbocycles. The first-order valence-corrected chi connectivity index (χ1v) is 7.31. The standard InChI is InChI=1S/C14H18Br2NO/c1-11(15)13(16)9-17(2,3)10-14(18)12-7-5-4-6-8-12/h4-8H,9-10H2,1-3H3/q+1/b13-11-. The quantitative estimate of drug-likeness (QED) is 0.562. The third kappa shape index (κ3) is 5.04. The molecular formula is C14H18Br2NO+. The molecule has 2 nitrogen and oxygen atoms in total. The summed E-state index contributed by atoms with van der Waals surface area (Å²) in [4.78, 5) is 12.2. The van der Waals surface area contributed by atoms with Crippen molar-refractivity contribution in [1.29, 1.82) is 0 Å². The van der Waals surface area contributed by atoms with Crippen molar-refractivity contribution >= 4 is 37.6 Å². The number of quaternary nitrogens is 1. The van der Waals surface area contributed by atoms with Gasteiger partial charge in [-0.1, -0.05) is 46.3 Å². The molecule has 0 atom stereocenters. The van der Waals surface area contributed by atoms with Crippen LogP contribution in [0.25, 0.3) is 0 Å². The first-order valence-electron chi connectivity index (χ1n) is 5.73. The summed E-state index contributed by atoms with van der Waals surface area (Å²) in [5.74, 6) is 0.174. The molecule has 1 aromatic rings. The van der Waals surface area contributed by atoms with E-state index in [1.54, 1.807) is 0 Å². The molecule has 4 heteroatoms. The summed E-state index contributed by atoms with van der Waals surface area (Å²) in [5.41, 5.74) is 0.777. The second kappa shape index (κ2) is 6.64. The minimum atomic E-state index is 0.174. The molecule has 0 radical (unpaired) electrons. The van der Waals surface area contributed by atoms with Crippen molar-refractivity contribution < 1.29 is 9.28 Å². The van der Waals surface area contributed by atoms with Crippen LogP contribution in [0.15, 0.2) is 39.3 Å². The van der Waals surface area contributed by atoms with Gasteiger partial charge in [-0.15, -0.1) is 0 Å². The highest BCUT2D eigenvalue weighted by atomic mass is 79.9. The predicted octanol–water partition coefficient (Wildman–Crippen LogP) is 3.97. The first kappa shape index (κ1) is 15.6. The third-order valence-corrected chi connectivity index (χ3v) is 4.46. The number of ketones is 1. The van der Waals surface area contributed by atoms with E-state index in [0.717, 1.165) is 21.1 Å². The van der Waals surface area contributed by atoms with E-state index < -0.39 is 0 Å². The van der Waals surface area contributed by atoms with Gasteiger partial charge in [0, 0.05) is 10.0 Å². The van der Waals surface area contributed by atoms with Gasteiger partial charge >= 0.3 is 0 Å². The molecule has 0 aromatic heterocycles. The lowest BCUT2D eigenvalue weighted by Gasteiger charge is -2.29. The number of halogens is 2. The predicted molar refractivity (Wildman–Crippen MR) is 83.2 cm³/mol. The molecule has 98 valence electrons. The molecule has 0 spiro atoms. The molecule has 0 saturated carbocycles. The number of rotatable bonds is 5. The minimum absolute atomic E-state index is 0.174. The summed E-state index contributed by atoms with van der Waals surface area (Å²) < 4.78 is 2.78. The number of hydrogen-bond acceptors (Lipinski definition) is 1. The molecule has 0 amide bonds. The fourth-order valence-electron chi connectivity index (χ4n) is 1.64. The number of hydrogen-bond donors (Lipinski definition) is 0. The largest absolute Gasteiger partial charge is 0.318 e. The SMILES string of the molecule is C/C(Br)=C(/Br)C[N+](C)(C)CC(=O)c1ccccc1. The van der Waals surface area contributed by atoms with Crippen molar-refractivity contribution in [2.75, 3.05) is 27.2 Å². The number of nitrogens with zero attached hydrogens (tertiary/aromatic N) is 1. The number of Topliss-reactive ketones (excluding diaryl/α,β-unsaturated/α-hetero) is 1. The Hall–Kier alpha value is -0.450. The lowest BCUT2D eigenvalue weighted by atomic mass is 10.1. The molecule has 0 fully saturated rings. The van der Waals surface area contributed by atoms with Crippen LogP contribution in [0.3, 0.4) is 0 Å².